The van der Waals surface area contributed by atoms with E-state index in [2.05, 4.69) is 20.6 Å². The van der Waals surface area contributed by atoms with Crippen LogP contribution in [-0.2, 0) is 13.0 Å². The van der Waals surface area contributed by atoms with Crippen LogP contribution in [-0.4, -0.2) is 15.9 Å². The second kappa shape index (κ2) is 8.20. The Labute approximate surface area is 151 Å². The van der Waals surface area contributed by atoms with Crippen LogP contribution >= 0.6 is 0 Å². The molecule has 0 aliphatic carbocycles. The molecule has 0 aliphatic rings. The lowest BCUT2D eigenvalue weighted by Crippen LogP contribution is -2.13. The highest BCUT2D eigenvalue weighted by Gasteiger charge is 2.09. The lowest BCUT2D eigenvalue weighted by atomic mass is 10.1. The highest BCUT2D eigenvalue weighted by atomic mass is 19.1. The lowest BCUT2D eigenvalue weighted by molar-refractivity contribution is 0.102. The predicted octanol–water partition coefficient (Wildman–Crippen LogP) is 4.04. The summed E-state index contributed by atoms with van der Waals surface area (Å²) in [4.78, 5) is 20.4. The van der Waals surface area contributed by atoms with Crippen molar-refractivity contribution in [2.45, 2.75) is 19.9 Å². The van der Waals surface area contributed by atoms with Gasteiger partial charge in [-0.2, -0.15) is 0 Å². The van der Waals surface area contributed by atoms with Gasteiger partial charge in [0.1, 0.15) is 18.0 Å². The molecule has 0 saturated heterocycles. The first-order chi connectivity index (χ1) is 12.7. The molecule has 3 aromatic rings. The van der Waals surface area contributed by atoms with Crippen molar-refractivity contribution in [3.8, 4) is 0 Å². The van der Waals surface area contributed by atoms with Crippen LogP contribution in [0.3, 0.4) is 0 Å². The summed E-state index contributed by atoms with van der Waals surface area (Å²) in [6.07, 6.45) is 3.70. The van der Waals surface area contributed by atoms with Gasteiger partial charge in [-0.05, 0) is 53.9 Å². The van der Waals surface area contributed by atoms with E-state index in [9.17, 15) is 9.18 Å². The van der Waals surface area contributed by atoms with Gasteiger partial charge in [0.05, 0.1) is 0 Å². The number of amides is 1. The Bertz CT molecular complexity index is 899. The summed E-state index contributed by atoms with van der Waals surface area (Å²) >= 11 is 0. The average Bonchev–Trinajstić information content (AvgIpc) is 2.69. The van der Waals surface area contributed by atoms with E-state index in [1.165, 1.54) is 12.4 Å². The van der Waals surface area contributed by atoms with Gasteiger partial charge >= 0.3 is 0 Å². The third-order valence-electron chi connectivity index (χ3n) is 3.93. The third kappa shape index (κ3) is 4.42. The smallest absolute Gasteiger partial charge is 0.255 e. The molecule has 0 fully saturated rings. The second-order valence-electron chi connectivity index (χ2n) is 5.76. The maximum absolute atomic E-state index is 13.6. The van der Waals surface area contributed by atoms with Crippen molar-refractivity contribution in [1.29, 1.82) is 0 Å². The molecular formula is C20H19FN4O. The van der Waals surface area contributed by atoms with Gasteiger partial charge in [-0.3, -0.25) is 4.79 Å². The highest BCUT2D eigenvalue weighted by Crippen LogP contribution is 2.17. The number of hydrogen-bond acceptors (Lipinski definition) is 4. The number of benzene rings is 2. The number of carbonyl (C=O) groups is 1. The molecule has 0 aliphatic heterocycles. The summed E-state index contributed by atoms with van der Waals surface area (Å²) in [5, 5.41) is 5.99. The zero-order valence-electron chi connectivity index (χ0n) is 14.4. The number of nitrogens with zero attached hydrogens (tertiary/aromatic N) is 2. The molecule has 0 unspecified atom stereocenters. The van der Waals surface area contributed by atoms with Gasteiger partial charge < -0.3 is 10.6 Å². The number of rotatable bonds is 6. The van der Waals surface area contributed by atoms with E-state index >= 15 is 0 Å². The number of nitrogens with one attached hydrogen (secondary N) is 2. The van der Waals surface area contributed by atoms with Gasteiger partial charge in [0.15, 0.2) is 0 Å². The van der Waals surface area contributed by atoms with Crippen LogP contribution in [0.2, 0.25) is 0 Å². The first kappa shape index (κ1) is 17.5. The Balaban J connectivity index is 1.68. The normalized spacial score (nSPS) is 10.4. The lowest BCUT2D eigenvalue weighted by Gasteiger charge is -2.09. The van der Waals surface area contributed by atoms with Crippen LogP contribution in [0.5, 0.6) is 0 Å². The fourth-order valence-electron chi connectivity index (χ4n) is 2.54. The standard InChI is InChI=1S/C20H19FN4O/c1-2-15-11-17(6-7-18(15)21)25-20(26)16-5-3-4-14(10-16)12-23-19-8-9-22-13-24-19/h3-11,13H,2,12H2,1H3,(H,25,26)(H,22,23,24). The van der Waals surface area contributed by atoms with E-state index in [-0.39, 0.29) is 11.7 Å². The van der Waals surface area contributed by atoms with Crippen molar-refractivity contribution in [3.63, 3.8) is 0 Å². The van der Waals surface area contributed by atoms with E-state index in [4.69, 9.17) is 0 Å². The molecule has 0 radical (unpaired) electrons. The third-order valence-corrected chi connectivity index (χ3v) is 3.93. The first-order valence-corrected chi connectivity index (χ1v) is 8.34. The van der Waals surface area contributed by atoms with Crippen LogP contribution in [0.25, 0.3) is 0 Å². The van der Waals surface area contributed by atoms with E-state index in [0.717, 1.165) is 5.56 Å². The topological polar surface area (TPSA) is 66.9 Å². The summed E-state index contributed by atoms with van der Waals surface area (Å²) in [5.74, 6) is 0.221. The summed E-state index contributed by atoms with van der Waals surface area (Å²) in [7, 11) is 0. The summed E-state index contributed by atoms with van der Waals surface area (Å²) in [6.45, 7) is 2.41. The predicted molar refractivity (Wildman–Crippen MR) is 99.5 cm³/mol. The molecule has 0 spiro atoms. The molecule has 5 nitrogen and oxygen atoms in total. The molecule has 2 aromatic carbocycles. The number of carbonyl (C=O) groups excluding carboxylic acids is 1. The van der Waals surface area contributed by atoms with Crippen molar-refractivity contribution in [2.24, 2.45) is 0 Å². The number of halogens is 1. The maximum atomic E-state index is 13.6. The molecular weight excluding hydrogens is 331 g/mol. The van der Waals surface area contributed by atoms with Gasteiger partial charge in [-0.25, -0.2) is 14.4 Å². The Hall–Kier alpha value is -3.28. The monoisotopic (exact) mass is 350 g/mol. The molecule has 0 saturated carbocycles. The molecule has 132 valence electrons. The fourth-order valence-corrected chi connectivity index (χ4v) is 2.54. The van der Waals surface area contributed by atoms with Crippen LogP contribution < -0.4 is 10.6 Å². The van der Waals surface area contributed by atoms with Gasteiger partial charge in [0.25, 0.3) is 5.91 Å². The van der Waals surface area contributed by atoms with Crippen LogP contribution in [0.4, 0.5) is 15.9 Å². The largest absolute Gasteiger partial charge is 0.366 e. The van der Waals surface area contributed by atoms with Crippen LogP contribution in [0, 0.1) is 5.82 Å². The first-order valence-electron chi connectivity index (χ1n) is 8.34. The van der Waals surface area contributed by atoms with Crippen LogP contribution in [0.1, 0.15) is 28.4 Å². The summed E-state index contributed by atoms with van der Waals surface area (Å²) in [5.41, 5.74) is 2.64. The highest BCUT2D eigenvalue weighted by molar-refractivity contribution is 6.04. The molecule has 1 aromatic heterocycles. The van der Waals surface area contributed by atoms with E-state index in [1.54, 1.807) is 30.5 Å². The SMILES string of the molecule is CCc1cc(NC(=O)c2cccc(CNc3ccncn3)c2)ccc1F. The number of anilines is 2. The van der Waals surface area contributed by atoms with Crippen LogP contribution in [0.15, 0.2) is 61.1 Å². The van der Waals surface area contributed by atoms with Gasteiger partial charge in [0.2, 0.25) is 0 Å². The minimum Gasteiger partial charge on any atom is -0.366 e. The van der Waals surface area contributed by atoms with Gasteiger partial charge in [-0.15, -0.1) is 0 Å². The Morgan fingerprint density at radius 1 is 1.15 bits per heavy atom. The Kier molecular flexibility index (Phi) is 5.53. The van der Waals surface area contributed by atoms with Crippen molar-refractivity contribution in [1.82, 2.24) is 9.97 Å². The number of aromatic nitrogens is 2. The molecule has 26 heavy (non-hydrogen) atoms. The zero-order valence-corrected chi connectivity index (χ0v) is 14.4. The van der Waals surface area contributed by atoms with Crippen molar-refractivity contribution < 1.29 is 9.18 Å². The molecule has 2 N–H and O–H groups in total. The summed E-state index contributed by atoms with van der Waals surface area (Å²) in [6, 6.07) is 13.7. The minimum absolute atomic E-state index is 0.234. The number of hydrogen-bond donors (Lipinski definition) is 2. The molecule has 1 amide bonds. The maximum Gasteiger partial charge on any atom is 0.255 e. The molecule has 0 atom stereocenters. The van der Waals surface area contributed by atoms with E-state index in [0.29, 0.717) is 35.6 Å². The van der Waals surface area contributed by atoms with Gasteiger partial charge in [-0.1, -0.05) is 19.1 Å². The van der Waals surface area contributed by atoms with Gasteiger partial charge in [0, 0.05) is 24.0 Å². The average molecular weight is 350 g/mol. The Morgan fingerprint density at radius 2 is 2.04 bits per heavy atom. The quantitative estimate of drug-likeness (QED) is 0.704. The summed E-state index contributed by atoms with van der Waals surface area (Å²) < 4.78 is 13.6. The van der Waals surface area contributed by atoms with E-state index < -0.39 is 0 Å². The minimum atomic E-state index is -0.261. The Morgan fingerprint density at radius 3 is 2.81 bits per heavy atom. The van der Waals surface area contributed by atoms with Crippen molar-refractivity contribution in [2.75, 3.05) is 10.6 Å². The molecule has 1 heterocycles. The molecule has 6 heteroatoms. The fraction of sp³-hybridized carbons (Fsp3) is 0.150. The number of aryl methyl sites for hydroxylation is 1. The zero-order chi connectivity index (χ0) is 18.4. The van der Waals surface area contributed by atoms with Crippen molar-refractivity contribution >= 4 is 17.4 Å². The molecule has 3 rings (SSSR count). The van der Waals surface area contributed by atoms with Crippen molar-refractivity contribution in [3.05, 3.63) is 83.6 Å². The molecule has 0 bridgehead atoms. The van der Waals surface area contributed by atoms with E-state index in [1.807, 2.05) is 25.1 Å². The second-order valence-corrected chi connectivity index (χ2v) is 5.76.